The fraction of sp³-hybridized carbons (Fsp3) is 0.625. The molecule has 4 nitrogen and oxygen atoms in total. The molecule has 0 atom stereocenters. The molecule has 0 aromatic heterocycles. The Labute approximate surface area is 139 Å². The Morgan fingerprint density at radius 2 is 1.91 bits per heavy atom. The van der Waals surface area contributed by atoms with Gasteiger partial charge in [-0.25, -0.2) is 8.42 Å². The lowest BCUT2D eigenvalue weighted by Crippen LogP contribution is -2.49. The zero-order chi connectivity index (χ0) is 16.0. The van der Waals surface area contributed by atoms with Gasteiger partial charge in [0.25, 0.3) is 0 Å². The van der Waals surface area contributed by atoms with Crippen LogP contribution in [0.5, 0.6) is 0 Å². The van der Waals surface area contributed by atoms with Crippen LogP contribution < -0.4 is 0 Å². The summed E-state index contributed by atoms with van der Waals surface area (Å²) in [5.74, 6) is 0.284. The number of benzene rings is 1. The van der Waals surface area contributed by atoms with Gasteiger partial charge < -0.3 is 4.90 Å². The number of piperazine rings is 1. The minimum Gasteiger partial charge on any atom is -0.300 e. The van der Waals surface area contributed by atoms with E-state index in [4.69, 9.17) is 11.6 Å². The highest BCUT2D eigenvalue weighted by Crippen LogP contribution is 2.13. The van der Waals surface area contributed by atoms with Crippen LogP contribution in [0.3, 0.4) is 0 Å². The third-order valence-electron chi connectivity index (χ3n) is 4.09. The fourth-order valence-corrected chi connectivity index (χ4v) is 4.51. The van der Waals surface area contributed by atoms with Gasteiger partial charge in [0.2, 0.25) is 10.0 Å². The van der Waals surface area contributed by atoms with E-state index in [0.717, 1.165) is 43.9 Å². The van der Waals surface area contributed by atoms with E-state index in [1.54, 1.807) is 4.31 Å². The van der Waals surface area contributed by atoms with Crippen molar-refractivity contribution in [2.75, 3.05) is 38.5 Å². The quantitative estimate of drug-likeness (QED) is 0.763. The van der Waals surface area contributed by atoms with Gasteiger partial charge in [0.15, 0.2) is 0 Å². The summed E-state index contributed by atoms with van der Waals surface area (Å²) in [6.45, 7) is 5.81. The Hall–Kier alpha value is -0.620. The van der Waals surface area contributed by atoms with Crippen molar-refractivity contribution in [3.63, 3.8) is 0 Å². The van der Waals surface area contributed by atoms with Crippen molar-refractivity contribution >= 4 is 21.6 Å². The molecule has 1 aliphatic heterocycles. The smallest absolute Gasteiger partial charge is 0.214 e. The molecule has 0 N–H and O–H groups in total. The second kappa shape index (κ2) is 8.29. The van der Waals surface area contributed by atoms with Gasteiger partial charge in [-0.05, 0) is 30.5 Å². The average molecular weight is 345 g/mol. The lowest BCUT2D eigenvalue weighted by atomic mass is 10.1. The summed E-state index contributed by atoms with van der Waals surface area (Å²) in [7, 11) is -3.05. The molecule has 22 heavy (non-hydrogen) atoms. The molecule has 124 valence electrons. The number of sulfonamides is 1. The predicted molar refractivity (Wildman–Crippen MR) is 91.9 cm³/mol. The van der Waals surface area contributed by atoms with Crippen LogP contribution >= 0.6 is 11.6 Å². The maximum atomic E-state index is 12.2. The van der Waals surface area contributed by atoms with E-state index < -0.39 is 10.0 Å². The van der Waals surface area contributed by atoms with Crippen molar-refractivity contribution in [2.24, 2.45) is 0 Å². The number of rotatable bonds is 7. The van der Waals surface area contributed by atoms with Gasteiger partial charge in [-0.2, -0.15) is 4.31 Å². The maximum Gasteiger partial charge on any atom is 0.214 e. The summed E-state index contributed by atoms with van der Waals surface area (Å²) in [5, 5.41) is 0.768. The molecule has 1 aromatic rings. The van der Waals surface area contributed by atoms with Crippen molar-refractivity contribution in [1.82, 2.24) is 9.21 Å². The minimum atomic E-state index is -3.05. The molecule has 0 spiro atoms. The topological polar surface area (TPSA) is 40.6 Å². The Morgan fingerprint density at radius 3 is 2.55 bits per heavy atom. The van der Waals surface area contributed by atoms with Crippen LogP contribution in [0.4, 0.5) is 0 Å². The molecule has 1 aliphatic rings. The van der Waals surface area contributed by atoms with Crippen LogP contribution in [0.1, 0.15) is 25.3 Å². The molecule has 0 aliphatic carbocycles. The lowest BCUT2D eigenvalue weighted by molar-refractivity contribution is 0.190. The van der Waals surface area contributed by atoms with Crippen LogP contribution in [0.15, 0.2) is 24.3 Å². The standard InChI is InChI=1S/C16H25ClN2O2S/c1-2-3-13-22(20,21)19-11-9-18(10-12-19)8-7-15-5-4-6-16(17)14-15/h4-6,14H,2-3,7-13H2,1H3. The van der Waals surface area contributed by atoms with Crippen molar-refractivity contribution in [3.05, 3.63) is 34.9 Å². The first kappa shape index (κ1) is 17.7. The SMILES string of the molecule is CCCCS(=O)(=O)N1CCN(CCc2cccc(Cl)c2)CC1. The summed E-state index contributed by atoms with van der Waals surface area (Å²) >= 11 is 5.99. The fourth-order valence-electron chi connectivity index (χ4n) is 2.67. The van der Waals surface area contributed by atoms with E-state index in [-0.39, 0.29) is 5.75 Å². The van der Waals surface area contributed by atoms with Crippen LogP contribution in [-0.4, -0.2) is 56.1 Å². The molecule has 6 heteroatoms. The minimum absolute atomic E-state index is 0.284. The Morgan fingerprint density at radius 1 is 1.18 bits per heavy atom. The number of halogens is 1. The predicted octanol–water partition coefficient (Wildman–Crippen LogP) is 2.63. The van der Waals surface area contributed by atoms with Crippen LogP contribution in [0.2, 0.25) is 5.02 Å². The first-order valence-corrected chi connectivity index (χ1v) is 9.94. The first-order valence-electron chi connectivity index (χ1n) is 7.96. The van der Waals surface area contributed by atoms with Crippen LogP contribution in [-0.2, 0) is 16.4 Å². The van der Waals surface area contributed by atoms with Gasteiger partial charge in [0, 0.05) is 37.7 Å². The summed E-state index contributed by atoms with van der Waals surface area (Å²) in [6, 6.07) is 7.92. The molecule has 0 bridgehead atoms. The Balaban J connectivity index is 1.77. The number of hydrogen-bond donors (Lipinski definition) is 0. The van der Waals surface area contributed by atoms with Crippen molar-refractivity contribution in [1.29, 1.82) is 0 Å². The van der Waals surface area contributed by atoms with Gasteiger partial charge in [-0.15, -0.1) is 0 Å². The summed E-state index contributed by atoms with van der Waals surface area (Å²) in [5.41, 5.74) is 1.23. The van der Waals surface area contributed by atoms with E-state index >= 15 is 0 Å². The monoisotopic (exact) mass is 344 g/mol. The van der Waals surface area contributed by atoms with Crippen molar-refractivity contribution in [2.45, 2.75) is 26.2 Å². The maximum absolute atomic E-state index is 12.2. The largest absolute Gasteiger partial charge is 0.300 e. The zero-order valence-electron chi connectivity index (χ0n) is 13.2. The van der Waals surface area contributed by atoms with E-state index in [2.05, 4.69) is 11.0 Å². The highest BCUT2D eigenvalue weighted by Gasteiger charge is 2.25. The summed E-state index contributed by atoms with van der Waals surface area (Å²) in [4.78, 5) is 2.33. The number of nitrogens with zero attached hydrogens (tertiary/aromatic N) is 2. The molecular weight excluding hydrogens is 320 g/mol. The average Bonchev–Trinajstić information content (AvgIpc) is 2.51. The normalized spacial score (nSPS) is 17.7. The van der Waals surface area contributed by atoms with E-state index in [9.17, 15) is 8.42 Å². The molecule has 0 saturated carbocycles. The molecule has 1 heterocycles. The third kappa shape index (κ3) is 5.23. The summed E-state index contributed by atoms with van der Waals surface area (Å²) < 4.78 is 26.0. The third-order valence-corrected chi connectivity index (χ3v) is 6.28. The van der Waals surface area contributed by atoms with Crippen LogP contribution in [0, 0.1) is 0 Å². The molecule has 2 rings (SSSR count). The second-order valence-corrected chi connectivity index (χ2v) is 8.32. The lowest BCUT2D eigenvalue weighted by Gasteiger charge is -2.34. The van der Waals surface area contributed by atoms with Gasteiger partial charge in [0.05, 0.1) is 5.75 Å². The van der Waals surface area contributed by atoms with Gasteiger partial charge in [0.1, 0.15) is 0 Å². The summed E-state index contributed by atoms with van der Waals surface area (Å²) in [6.07, 6.45) is 2.61. The molecule has 1 fully saturated rings. The number of unbranched alkanes of at least 4 members (excludes halogenated alkanes) is 1. The molecule has 1 aromatic carbocycles. The van der Waals surface area contributed by atoms with E-state index in [1.807, 2.05) is 25.1 Å². The first-order chi connectivity index (χ1) is 10.5. The van der Waals surface area contributed by atoms with Gasteiger partial charge in [-0.3, -0.25) is 0 Å². The van der Waals surface area contributed by atoms with Crippen molar-refractivity contribution in [3.8, 4) is 0 Å². The molecule has 0 unspecified atom stereocenters. The highest BCUT2D eigenvalue weighted by atomic mass is 35.5. The molecule has 0 amide bonds. The van der Waals surface area contributed by atoms with E-state index in [1.165, 1.54) is 5.56 Å². The van der Waals surface area contributed by atoms with Gasteiger partial charge in [-0.1, -0.05) is 37.1 Å². The molecule has 1 saturated heterocycles. The number of hydrogen-bond acceptors (Lipinski definition) is 3. The highest BCUT2D eigenvalue weighted by molar-refractivity contribution is 7.89. The van der Waals surface area contributed by atoms with E-state index in [0.29, 0.717) is 13.1 Å². The zero-order valence-corrected chi connectivity index (χ0v) is 14.7. The second-order valence-electron chi connectivity index (χ2n) is 5.79. The Bertz CT molecular complexity index is 569. The van der Waals surface area contributed by atoms with Crippen LogP contribution in [0.25, 0.3) is 0 Å². The Kier molecular flexibility index (Phi) is 6.68. The van der Waals surface area contributed by atoms with Crippen molar-refractivity contribution < 1.29 is 8.42 Å². The van der Waals surface area contributed by atoms with Gasteiger partial charge >= 0.3 is 0 Å². The molecule has 0 radical (unpaired) electrons. The molecular formula is C16H25ClN2O2S.